The second kappa shape index (κ2) is 10.4. The predicted octanol–water partition coefficient (Wildman–Crippen LogP) is 5.64. The maximum absolute atomic E-state index is 13.4. The molecule has 0 bridgehead atoms. The number of amides is 1. The summed E-state index contributed by atoms with van der Waals surface area (Å²) in [6, 6.07) is 32.9. The number of rotatable bonds is 8. The third-order valence-corrected chi connectivity index (χ3v) is 6.83. The summed E-state index contributed by atoms with van der Waals surface area (Å²) in [5, 5.41) is 0. The van der Waals surface area contributed by atoms with Gasteiger partial charge < -0.3 is 4.90 Å². The van der Waals surface area contributed by atoms with E-state index in [1.165, 1.54) is 0 Å². The number of carbonyl (C=O) groups is 1. The van der Waals surface area contributed by atoms with Gasteiger partial charge in [-0.15, -0.1) is 0 Å². The first kappa shape index (κ1) is 23.3. The van der Waals surface area contributed by atoms with Gasteiger partial charge in [-0.25, -0.2) is 8.42 Å². The van der Waals surface area contributed by atoms with Gasteiger partial charge in [-0.3, -0.25) is 9.52 Å². The predicted molar refractivity (Wildman–Crippen MR) is 135 cm³/mol. The summed E-state index contributed by atoms with van der Waals surface area (Å²) in [6.07, 6.45) is 0. The van der Waals surface area contributed by atoms with Crippen molar-refractivity contribution in [2.24, 2.45) is 0 Å². The number of benzene rings is 4. The first-order valence-electron chi connectivity index (χ1n) is 11.0. The van der Waals surface area contributed by atoms with Crippen LogP contribution >= 0.6 is 0 Å². The fourth-order valence-corrected chi connectivity index (χ4v) is 4.66. The average molecular weight is 471 g/mol. The van der Waals surface area contributed by atoms with Crippen molar-refractivity contribution in [1.29, 1.82) is 0 Å². The molecular formula is C28H26N2O3S. The van der Waals surface area contributed by atoms with E-state index in [-0.39, 0.29) is 10.8 Å². The largest absolute Gasteiger partial charge is 0.330 e. The normalized spacial score (nSPS) is 11.1. The van der Waals surface area contributed by atoms with Crippen LogP contribution in [0.2, 0.25) is 0 Å². The maximum atomic E-state index is 13.4. The third-order valence-electron chi connectivity index (χ3n) is 5.44. The Labute approximate surface area is 200 Å². The van der Waals surface area contributed by atoms with Crippen LogP contribution in [0.5, 0.6) is 0 Å². The highest BCUT2D eigenvalue weighted by atomic mass is 32.2. The van der Waals surface area contributed by atoms with Crippen LogP contribution in [0, 0.1) is 6.92 Å². The van der Waals surface area contributed by atoms with Crippen LogP contribution in [0.25, 0.3) is 0 Å². The van der Waals surface area contributed by atoms with Crippen molar-refractivity contribution in [3.8, 4) is 0 Å². The van der Waals surface area contributed by atoms with Crippen molar-refractivity contribution in [2.75, 3.05) is 4.72 Å². The second-order valence-corrected chi connectivity index (χ2v) is 9.81. The molecule has 1 N–H and O–H groups in total. The van der Waals surface area contributed by atoms with E-state index >= 15 is 0 Å². The minimum Gasteiger partial charge on any atom is -0.330 e. The standard InChI is InChI=1S/C28H26N2O3S/c1-22-12-18-27(19-13-22)34(32,33)29-26-16-14-25(15-17-26)28(31)30(20-23-8-4-2-5-9-23)21-24-10-6-3-7-11-24/h2-19,29H,20-21H2,1H3. The number of carbonyl (C=O) groups excluding carboxylic acids is 1. The first-order valence-corrected chi connectivity index (χ1v) is 12.5. The molecule has 5 nitrogen and oxygen atoms in total. The Bertz CT molecular complexity index is 1300. The average Bonchev–Trinajstić information content (AvgIpc) is 2.85. The van der Waals surface area contributed by atoms with Crippen molar-refractivity contribution in [1.82, 2.24) is 4.90 Å². The number of sulfonamides is 1. The van der Waals surface area contributed by atoms with Crippen LogP contribution < -0.4 is 4.72 Å². The summed E-state index contributed by atoms with van der Waals surface area (Å²) in [7, 11) is -3.71. The lowest BCUT2D eigenvalue weighted by Crippen LogP contribution is -2.30. The molecule has 0 atom stereocenters. The number of nitrogens with one attached hydrogen (secondary N) is 1. The van der Waals surface area contributed by atoms with Gasteiger partial charge in [-0.2, -0.15) is 0 Å². The van der Waals surface area contributed by atoms with E-state index in [4.69, 9.17) is 0 Å². The molecule has 0 aliphatic carbocycles. The lowest BCUT2D eigenvalue weighted by atomic mass is 10.1. The molecule has 0 saturated carbocycles. The third kappa shape index (κ3) is 5.91. The number of nitrogens with zero attached hydrogens (tertiary/aromatic N) is 1. The molecule has 4 aromatic carbocycles. The topological polar surface area (TPSA) is 66.5 Å². The minimum atomic E-state index is -3.71. The van der Waals surface area contributed by atoms with Crippen LogP contribution in [0.4, 0.5) is 5.69 Å². The molecule has 6 heteroatoms. The van der Waals surface area contributed by atoms with Gasteiger partial charge in [0.2, 0.25) is 0 Å². The molecule has 4 rings (SSSR count). The number of aryl methyl sites for hydroxylation is 1. The maximum Gasteiger partial charge on any atom is 0.261 e. The molecule has 1 amide bonds. The fourth-order valence-electron chi connectivity index (χ4n) is 3.60. The van der Waals surface area contributed by atoms with Gasteiger partial charge in [0.05, 0.1) is 4.90 Å². The molecule has 0 radical (unpaired) electrons. The summed E-state index contributed by atoms with van der Waals surface area (Å²) in [5.41, 5.74) is 3.95. The molecule has 4 aromatic rings. The van der Waals surface area contributed by atoms with Crippen molar-refractivity contribution < 1.29 is 13.2 Å². The molecule has 0 fully saturated rings. The molecular weight excluding hydrogens is 444 g/mol. The number of hydrogen-bond donors (Lipinski definition) is 1. The molecule has 0 saturated heterocycles. The lowest BCUT2D eigenvalue weighted by Gasteiger charge is -2.23. The zero-order chi connectivity index (χ0) is 24.0. The smallest absolute Gasteiger partial charge is 0.261 e. The summed E-state index contributed by atoms with van der Waals surface area (Å²) in [5.74, 6) is -0.124. The van der Waals surface area contributed by atoms with Gasteiger partial charge in [0.15, 0.2) is 0 Å². The van der Waals surface area contributed by atoms with E-state index in [9.17, 15) is 13.2 Å². The van der Waals surface area contributed by atoms with E-state index in [1.807, 2.05) is 67.6 Å². The SMILES string of the molecule is Cc1ccc(S(=O)(=O)Nc2ccc(C(=O)N(Cc3ccccc3)Cc3ccccc3)cc2)cc1. The minimum absolute atomic E-state index is 0.124. The van der Waals surface area contributed by atoms with Gasteiger partial charge in [-0.05, 0) is 54.4 Å². The van der Waals surface area contributed by atoms with Gasteiger partial charge in [0.1, 0.15) is 0 Å². The Morgan fingerprint density at radius 2 is 1.21 bits per heavy atom. The lowest BCUT2D eigenvalue weighted by molar-refractivity contribution is 0.0730. The van der Waals surface area contributed by atoms with Crippen molar-refractivity contribution >= 4 is 21.6 Å². The van der Waals surface area contributed by atoms with Crippen LogP contribution in [0.15, 0.2) is 114 Å². The summed E-state index contributed by atoms with van der Waals surface area (Å²) >= 11 is 0. The fraction of sp³-hybridized carbons (Fsp3) is 0.107. The number of hydrogen-bond acceptors (Lipinski definition) is 3. The summed E-state index contributed by atoms with van der Waals surface area (Å²) < 4.78 is 27.9. The Hall–Kier alpha value is -3.90. The first-order chi connectivity index (χ1) is 16.4. The Morgan fingerprint density at radius 3 is 1.71 bits per heavy atom. The monoisotopic (exact) mass is 470 g/mol. The molecule has 0 aromatic heterocycles. The van der Waals surface area contributed by atoms with Gasteiger partial charge in [0, 0.05) is 24.3 Å². The molecule has 0 unspecified atom stereocenters. The van der Waals surface area contributed by atoms with E-state index in [1.54, 1.807) is 53.4 Å². The van der Waals surface area contributed by atoms with Crippen molar-refractivity contribution in [3.05, 3.63) is 131 Å². The number of anilines is 1. The summed E-state index contributed by atoms with van der Waals surface area (Å²) in [4.78, 5) is 15.4. The quantitative estimate of drug-likeness (QED) is 0.362. The Morgan fingerprint density at radius 1 is 0.706 bits per heavy atom. The molecule has 0 spiro atoms. The highest BCUT2D eigenvalue weighted by Crippen LogP contribution is 2.19. The van der Waals surface area contributed by atoms with Crippen LogP contribution in [-0.4, -0.2) is 19.2 Å². The molecule has 0 heterocycles. The van der Waals surface area contributed by atoms with Crippen LogP contribution in [-0.2, 0) is 23.1 Å². The van der Waals surface area contributed by atoms with E-state index in [0.29, 0.717) is 24.3 Å². The van der Waals surface area contributed by atoms with Crippen LogP contribution in [0.1, 0.15) is 27.0 Å². The molecule has 0 aliphatic rings. The summed E-state index contributed by atoms with van der Waals surface area (Å²) in [6.45, 7) is 2.84. The molecule has 0 aliphatic heterocycles. The van der Waals surface area contributed by atoms with E-state index in [0.717, 1.165) is 16.7 Å². The van der Waals surface area contributed by atoms with Gasteiger partial charge >= 0.3 is 0 Å². The van der Waals surface area contributed by atoms with Gasteiger partial charge in [0.25, 0.3) is 15.9 Å². The van der Waals surface area contributed by atoms with E-state index in [2.05, 4.69) is 4.72 Å². The zero-order valence-electron chi connectivity index (χ0n) is 18.9. The highest BCUT2D eigenvalue weighted by molar-refractivity contribution is 7.92. The molecule has 34 heavy (non-hydrogen) atoms. The zero-order valence-corrected chi connectivity index (χ0v) is 19.7. The van der Waals surface area contributed by atoms with Gasteiger partial charge in [-0.1, -0.05) is 78.4 Å². The van der Waals surface area contributed by atoms with Crippen molar-refractivity contribution in [2.45, 2.75) is 24.9 Å². The van der Waals surface area contributed by atoms with Crippen molar-refractivity contribution in [3.63, 3.8) is 0 Å². The Balaban J connectivity index is 1.52. The van der Waals surface area contributed by atoms with Crippen LogP contribution in [0.3, 0.4) is 0 Å². The second-order valence-electron chi connectivity index (χ2n) is 8.13. The Kier molecular flexibility index (Phi) is 7.09. The highest BCUT2D eigenvalue weighted by Gasteiger charge is 2.18. The van der Waals surface area contributed by atoms with E-state index < -0.39 is 10.0 Å². The molecule has 172 valence electrons.